The summed E-state index contributed by atoms with van der Waals surface area (Å²) in [5, 5.41) is -7.28. The third kappa shape index (κ3) is 10.4. The lowest BCUT2D eigenvalue weighted by Gasteiger charge is -2.29. The Morgan fingerprint density at radius 3 is 1.12 bits per heavy atom. The van der Waals surface area contributed by atoms with Crippen molar-refractivity contribution in [3.63, 3.8) is 0 Å². The van der Waals surface area contributed by atoms with Crippen molar-refractivity contribution in [2.75, 3.05) is 0 Å². The van der Waals surface area contributed by atoms with Crippen LogP contribution in [0.15, 0.2) is 83.8 Å². The fraction of sp³-hybridized carbons (Fsp3) is 0.0250. The maximum atomic E-state index is 14.5. The van der Waals surface area contributed by atoms with Crippen molar-refractivity contribution in [1.29, 1.82) is 0 Å². The van der Waals surface area contributed by atoms with E-state index in [1.807, 2.05) is 0 Å². The molecule has 2 aliphatic carbocycles. The average Bonchev–Trinajstić information content (AvgIpc) is 3.19. The molecule has 0 bridgehead atoms. The number of hydrogen-bond acceptors (Lipinski definition) is 2. The minimum absolute atomic E-state index is 0.0536. The molecule has 1 amide bonds. The van der Waals surface area contributed by atoms with Gasteiger partial charge < -0.3 is 0 Å². The second-order valence-corrected chi connectivity index (χ2v) is 21.4. The summed E-state index contributed by atoms with van der Waals surface area (Å²) in [4.78, 5) is 32.0. The standard InChI is InChI=1S/C40H7Cl22NO2/c41-7-1-10(43)16(11(44)2-7)19(17-12(45)3-8(42)4-13(17)46)18-14(47)5-9(6-15(18)48)63-40(65)25-27(50)21(26(49)24(28(25)51)39(62)64)20(22-29(52)33(56)37(60)34(57)30(22)53)23-31(54)35(58)38(61)36(59)32(23)55/h1-6,26H. The van der Waals surface area contributed by atoms with Gasteiger partial charge in [-0.05, 0) is 48.0 Å². The molecule has 65 heavy (non-hydrogen) atoms. The van der Waals surface area contributed by atoms with E-state index in [0.29, 0.717) is 0 Å². The molecule has 0 N–H and O–H groups in total. The Bertz CT molecular complexity index is 2840. The van der Waals surface area contributed by atoms with Gasteiger partial charge in [-0.2, -0.15) is 0 Å². The van der Waals surface area contributed by atoms with Gasteiger partial charge in [0.1, 0.15) is 0 Å². The number of nitrogens with zero attached hydrogens (tertiary/aromatic N) is 1. The Hall–Kier alpha value is 0.710. The first-order valence-corrected chi connectivity index (χ1v) is 25.0. The number of carbonyl (C=O) groups excluding carboxylic acids is 2. The number of rotatable bonds is 6. The molecule has 0 aliphatic heterocycles. The van der Waals surface area contributed by atoms with Gasteiger partial charge in [-0.25, -0.2) is 4.99 Å². The number of alkyl halides is 1. The molecular formula is C40H7Cl22NO2. The topological polar surface area (TPSA) is 46.5 Å². The lowest BCUT2D eigenvalue weighted by Crippen LogP contribution is -2.24. The van der Waals surface area contributed by atoms with Crippen molar-refractivity contribution in [2.24, 2.45) is 4.99 Å². The zero-order chi connectivity index (χ0) is 48.6. The van der Waals surface area contributed by atoms with Gasteiger partial charge in [-0.3, -0.25) is 9.59 Å². The third-order valence-corrected chi connectivity index (χ3v) is 17.3. The Balaban J connectivity index is 1.69. The van der Waals surface area contributed by atoms with Gasteiger partial charge in [0.15, 0.2) is 0 Å². The van der Waals surface area contributed by atoms with Crippen LogP contribution in [-0.2, 0) is 9.59 Å². The van der Waals surface area contributed by atoms with Crippen LogP contribution in [-0.4, -0.2) is 22.2 Å². The van der Waals surface area contributed by atoms with Gasteiger partial charge in [-0.1, -0.05) is 232 Å². The summed E-state index contributed by atoms with van der Waals surface area (Å²) in [5.74, 6) is -1.22. The van der Waals surface area contributed by atoms with Gasteiger partial charge >= 0.3 is 0 Å². The third-order valence-electron chi connectivity index (χ3n) is 9.05. The zero-order valence-electron chi connectivity index (χ0n) is 30.1. The SMILES string of the molecule is O=C(Cl)C1=C(Cl)C(C(=O)N=C2C=C(Cl)C(=C(c3c(Cl)cc(Cl)cc3Cl)c3c(Cl)cc(Cl)cc3Cl)C(Cl)=C2)=C(Cl)C(=C(c2c(Cl)c(Cl)c(Cl)c(Cl)c2Cl)c2c(Cl)c(Cl)c(Cl)c(Cl)c2Cl)C1Cl. The van der Waals surface area contributed by atoms with Gasteiger partial charge in [0.25, 0.3) is 11.1 Å². The fourth-order valence-corrected chi connectivity index (χ4v) is 13.3. The van der Waals surface area contributed by atoms with Crippen molar-refractivity contribution in [3.05, 3.63) is 181 Å². The van der Waals surface area contributed by atoms with E-state index in [4.69, 9.17) is 255 Å². The molecule has 1 unspecified atom stereocenters. The molecule has 6 rings (SSSR count). The first kappa shape index (κ1) is 55.0. The molecule has 0 heterocycles. The van der Waals surface area contributed by atoms with E-state index in [9.17, 15) is 9.59 Å². The molecule has 0 spiro atoms. The van der Waals surface area contributed by atoms with Crippen LogP contribution in [0.4, 0.5) is 0 Å². The molecule has 0 saturated heterocycles. The van der Waals surface area contributed by atoms with E-state index in [0.717, 1.165) is 0 Å². The summed E-state index contributed by atoms with van der Waals surface area (Å²) in [6.45, 7) is 0. The summed E-state index contributed by atoms with van der Waals surface area (Å²) in [5.41, 5.74) is -2.24. The highest BCUT2D eigenvalue weighted by Gasteiger charge is 2.42. The molecular weight excluding hydrogens is 1310 g/mol. The second-order valence-electron chi connectivity index (χ2n) is 12.8. The molecule has 0 aromatic heterocycles. The van der Waals surface area contributed by atoms with Crippen LogP contribution in [0.25, 0.3) is 11.1 Å². The lowest BCUT2D eigenvalue weighted by molar-refractivity contribution is -0.114. The summed E-state index contributed by atoms with van der Waals surface area (Å²) in [7, 11) is 0. The summed E-state index contributed by atoms with van der Waals surface area (Å²) >= 11 is 146. The number of amides is 1. The first-order chi connectivity index (χ1) is 30.2. The number of allylic oxidation sites excluding steroid dienone is 8. The monoisotopic (exact) mass is 1300 g/mol. The first-order valence-electron chi connectivity index (χ1n) is 16.6. The van der Waals surface area contributed by atoms with Crippen LogP contribution < -0.4 is 0 Å². The van der Waals surface area contributed by atoms with Crippen LogP contribution in [0.2, 0.25) is 80.4 Å². The van der Waals surface area contributed by atoms with Crippen LogP contribution in [0.1, 0.15) is 22.3 Å². The maximum absolute atomic E-state index is 14.5. The lowest BCUT2D eigenvalue weighted by atomic mass is 9.84. The quantitative estimate of drug-likeness (QED) is 0.0836. The number of benzene rings is 4. The van der Waals surface area contributed by atoms with Crippen molar-refractivity contribution in [2.45, 2.75) is 5.38 Å². The average molecular weight is 1310 g/mol. The van der Waals surface area contributed by atoms with Gasteiger partial charge in [0.2, 0.25) is 0 Å². The van der Waals surface area contributed by atoms with Gasteiger partial charge in [0, 0.05) is 54.6 Å². The van der Waals surface area contributed by atoms with Crippen LogP contribution in [0.5, 0.6) is 0 Å². The van der Waals surface area contributed by atoms with E-state index in [2.05, 4.69) is 4.99 Å². The van der Waals surface area contributed by atoms with Gasteiger partial charge in [-0.15, -0.1) is 11.6 Å². The maximum Gasteiger partial charge on any atom is 0.280 e. The second kappa shape index (κ2) is 21.8. The predicted octanol–water partition coefficient (Wildman–Crippen LogP) is 22.0. The highest BCUT2D eigenvalue weighted by Crippen LogP contribution is 2.57. The van der Waals surface area contributed by atoms with Crippen molar-refractivity contribution in [3.8, 4) is 0 Å². The number of hydrogen-bond donors (Lipinski definition) is 0. The predicted molar refractivity (Wildman–Crippen MR) is 285 cm³/mol. The Labute approximate surface area is 478 Å². The van der Waals surface area contributed by atoms with Crippen molar-refractivity contribution < 1.29 is 9.59 Å². The Morgan fingerprint density at radius 2 is 0.785 bits per heavy atom. The summed E-state index contributed by atoms with van der Waals surface area (Å²) in [6.07, 6.45) is 2.47. The molecule has 4 aromatic carbocycles. The normalized spacial score (nSPS) is 15.5. The molecule has 3 nitrogen and oxygen atoms in total. The summed E-state index contributed by atoms with van der Waals surface area (Å²) < 4.78 is 0. The van der Waals surface area contributed by atoms with Crippen LogP contribution >= 0.6 is 255 Å². The molecule has 2 aliphatic rings. The molecule has 4 aromatic rings. The minimum Gasteiger partial charge on any atom is -0.276 e. The fourth-order valence-electron chi connectivity index (χ4n) is 6.36. The number of halogens is 22. The van der Waals surface area contributed by atoms with E-state index in [1.165, 1.54) is 36.4 Å². The summed E-state index contributed by atoms with van der Waals surface area (Å²) in [6, 6.07) is 5.67. The van der Waals surface area contributed by atoms with E-state index in [1.54, 1.807) is 0 Å². The minimum atomic E-state index is -1.76. The largest absolute Gasteiger partial charge is 0.280 e. The molecule has 0 radical (unpaired) electrons. The Morgan fingerprint density at radius 1 is 0.446 bits per heavy atom. The molecule has 0 saturated carbocycles. The number of carbonyl (C=O) groups is 2. The van der Waals surface area contributed by atoms with Crippen molar-refractivity contribution in [1.82, 2.24) is 0 Å². The molecule has 1 atom stereocenters. The smallest absolute Gasteiger partial charge is 0.276 e. The number of aliphatic imine (C=N–C) groups is 1. The van der Waals surface area contributed by atoms with Crippen LogP contribution in [0, 0.1) is 0 Å². The highest BCUT2D eigenvalue weighted by atomic mass is 35.5. The van der Waals surface area contributed by atoms with E-state index >= 15 is 0 Å². The van der Waals surface area contributed by atoms with Crippen LogP contribution in [0.3, 0.4) is 0 Å². The zero-order valence-corrected chi connectivity index (χ0v) is 46.8. The van der Waals surface area contributed by atoms with Crippen molar-refractivity contribution >= 4 is 283 Å². The van der Waals surface area contributed by atoms with E-state index < -0.39 is 43.3 Å². The van der Waals surface area contributed by atoms with Gasteiger partial charge in [0.05, 0.1) is 113 Å². The molecule has 0 fully saturated rings. The molecule has 338 valence electrons. The van der Waals surface area contributed by atoms with E-state index in [-0.39, 0.29) is 135 Å². The molecule has 25 heteroatoms. The highest BCUT2D eigenvalue weighted by molar-refractivity contribution is 6.70. The Kier molecular flexibility index (Phi) is 18.5.